The van der Waals surface area contributed by atoms with Crippen LogP contribution in [0.4, 0.5) is 0 Å². The van der Waals surface area contributed by atoms with Crippen LogP contribution >= 0.6 is 0 Å². The quantitative estimate of drug-likeness (QED) is 0.377. The zero-order valence-electron chi connectivity index (χ0n) is 21.2. The molecule has 1 aliphatic carbocycles. The minimum atomic E-state index is -0.544. The first kappa shape index (κ1) is 25.2. The van der Waals surface area contributed by atoms with Crippen LogP contribution in [0.15, 0.2) is 54.6 Å². The minimum absolute atomic E-state index is 0.342. The van der Waals surface area contributed by atoms with E-state index < -0.39 is 6.10 Å². The largest absolute Gasteiger partial charge is 0.497 e. The van der Waals surface area contributed by atoms with Crippen LogP contribution in [0.2, 0.25) is 0 Å². The lowest BCUT2D eigenvalue weighted by atomic mass is 10.1. The average molecular weight is 480 g/mol. The summed E-state index contributed by atoms with van der Waals surface area (Å²) in [4.78, 5) is 2.34. The van der Waals surface area contributed by atoms with Gasteiger partial charge in [-0.1, -0.05) is 44.2 Å². The summed E-state index contributed by atoms with van der Waals surface area (Å²) >= 11 is 0. The van der Waals surface area contributed by atoms with Crippen LogP contribution in [-0.4, -0.2) is 58.8 Å². The fourth-order valence-electron chi connectivity index (χ4n) is 4.15. The van der Waals surface area contributed by atoms with Crippen molar-refractivity contribution < 1.29 is 19.3 Å². The van der Waals surface area contributed by atoms with E-state index in [2.05, 4.69) is 30.9 Å². The van der Waals surface area contributed by atoms with Gasteiger partial charge in [-0.2, -0.15) is 5.10 Å². The van der Waals surface area contributed by atoms with Gasteiger partial charge >= 0.3 is 0 Å². The summed E-state index contributed by atoms with van der Waals surface area (Å²) in [6.45, 7) is 6.40. The van der Waals surface area contributed by atoms with Crippen molar-refractivity contribution in [3.05, 3.63) is 60.2 Å². The SMILES string of the molecule is COc1ccc(Oc2c(CN(C[C@H](O)COCC(C)C)C3CC3)c(-c3ccccc3)nn2C)cc1. The van der Waals surface area contributed by atoms with Crippen LogP contribution in [0.3, 0.4) is 0 Å². The summed E-state index contributed by atoms with van der Waals surface area (Å²) in [5.74, 6) is 2.64. The smallest absolute Gasteiger partial charge is 0.222 e. The Labute approximate surface area is 208 Å². The molecule has 188 valence electrons. The number of hydrogen-bond donors (Lipinski definition) is 1. The number of rotatable bonds is 13. The van der Waals surface area contributed by atoms with E-state index in [0.29, 0.717) is 44.1 Å². The van der Waals surface area contributed by atoms with Crippen molar-refractivity contribution in [1.29, 1.82) is 0 Å². The van der Waals surface area contributed by atoms with Gasteiger partial charge in [0.05, 0.1) is 25.4 Å². The second-order valence-corrected chi connectivity index (χ2v) is 9.65. The molecule has 4 rings (SSSR count). The highest BCUT2D eigenvalue weighted by molar-refractivity contribution is 5.65. The van der Waals surface area contributed by atoms with Gasteiger partial charge in [0.15, 0.2) is 0 Å². The topological polar surface area (TPSA) is 69.0 Å². The van der Waals surface area contributed by atoms with E-state index in [1.807, 2.05) is 49.5 Å². The lowest BCUT2D eigenvalue weighted by Gasteiger charge is -2.25. The van der Waals surface area contributed by atoms with Gasteiger partial charge in [0.1, 0.15) is 17.2 Å². The highest BCUT2D eigenvalue weighted by atomic mass is 16.5. The Balaban J connectivity index is 1.60. The van der Waals surface area contributed by atoms with Crippen molar-refractivity contribution in [1.82, 2.24) is 14.7 Å². The maximum atomic E-state index is 10.7. The Morgan fingerprint density at radius 3 is 2.34 bits per heavy atom. The highest BCUT2D eigenvalue weighted by Crippen LogP contribution is 2.37. The van der Waals surface area contributed by atoms with Crippen molar-refractivity contribution in [3.8, 4) is 28.6 Å². The van der Waals surface area contributed by atoms with E-state index in [9.17, 15) is 5.11 Å². The molecule has 0 saturated heterocycles. The number of aromatic nitrogens is 2. The van der Waals surface area contributed by atoms with Gasteiger partial charge in [-0.15, -0.1) is 0 Å². The summed E-state index contributed by atoms with van der Waals surface area (Å²) in [5, 5.41) is 15.5. The van der Waals surface area contributed by atoms with E-state index in [4.69, 9.17) is 19.3 Å². The van der Waals surface area contributed by atoms with E-state index >= 15 is 0 Å². The lowest BCUT2D eigenvalue weighted by molar-refractivity contribution is 0.00541. The van der Waals surface area contributed by atoms with E-state index in [1.54, 1.807) is 11.8 Å². The third kappa shape index (κ3) is 6.84. The number of methoxy groups -OCH3 is 1. The molecule has 7 nitrogen and oxygen atoms in total. The molecule has 35 heavy (non-hydrogen) atoms. The maximum absolute atomic E-state index is 10.7. The molecule has 1 aromatic heterocycles. The molecule has 1 fully saturated rings. The summed E-state index contributed by atoms with van der Waals surface area (Å²) in [6, 6.07) is 18.2. The Hall–Kier alpha value is -2.87. The van der Waals surface area contributed by atoms with Gasteiger partial charge < -0.3 is 19.3 Å². The number of aliphatic hydroxyl groups excluding tert-OH is 1. The van der Waals surface area contributed by atoms with Gasteiger partial charge in [0, 0.05) is 38.3 Å². The third-order valence-electron chi connectivity index (χ3n) is 6.04. The highest BCUT2D eigenvalue weighted by Gasteiger charge is 2.33. The van der Waals surface area contributed by atoms with Gasteiger partial charge in [0.25, 0.3) is 0 Å². The predicted molar refractivity (Wildman–Crippen MR) is 137 cm³/mol. The molecule has 0 bridgehead atoms. The van der Waals surface area contributed by atoms with E-state index in [-0.39, 0.29) is 0 Å². The Morgan fingerprint density at radius 1 is 1.03 bits per heavy atom. The number of aryl methyl sites for hydroxylation is 1. The van der Waals surface area contributed by atoms with Gasteiger partial charge in [-0.05, 0) is 43.0 Å². The van der Waals surface area contributed by atoms with Crippen molar-refractivity contribution in [3.63, 3.8) is 0 Å². The first-order valence-corrected chi connectivity index (χ1v) is 12.4. The van der Waals surface area contributed by atoms with Crippen LogP contribution in [0, 0.1) is 5.92 Å². The number of hydrogen-bond acceptors (Lipinski definition) is 6. The van der Waals surface area contributed by atoms with Gasteiger partial charge in [-0.25, -0.2) is 4.68 Å². The third-order valence-corrected chi connectivity index (χ3v) is 6.04. The lowest BCUT2D eigenvalue weighted by Crippen LogP contribution is -2.36. The monoisotopic (exact) mass is 479 g/mol. The van der Waals surface area contributed by atoms with Gasteiger partial charge in [-0.3, -0.25) is 4.90 Å². The minimum Gasteiger partial charge on any atom is -0.497 e. The molecule has 1 N–H and O–H groups in total. The second-order valence-electron chi connectivity index (χ2n) is 9.65. The van der Waals surface area contributed by atoms with Crippen molar-refractivity contribution in [2.45, 2.75) is 45.4 Å². The Kier molecular flexibility index (Phi) is 8.44. The Bertz CT molecular complexity index is 1060. The molecule has 0 aliphatic heterocycles. The van der Waals surface area contributed by atoms with Crippen LogP contribution in [-0.2, 0) is 18.3 Å². The zero-order chi connectivity index (χ0) is 24.8. The molecule has 0 radical (unpaired) electrons. The van der Waals surface area contributed by atoms with Crippen LogP contribution < -0.4 is 9.47 Å². The fourth-order valence-corrected chi connectivity index (χ4v) is 4.15. The number of aliphatic hydroxyl groups is 1. The average Bonchev–Trinajstić information content (AvgIpc) is 3.66. The van der Waals surface area contributed by atoms with Crippen molar-refractivity contribution in [2.24, 2.45) is 13.0 Å². The van der Waals surface area contributed by atoms with Crippen LogP contribution in [0.5, 0.6) is 17.4 Å². The molecule has 3 aromatic rings. The molecule has 7 heteroatoms. The summed E-state index contributed by atoms with van der Waals surface area (Å²) < 4.78 is 19.1. The first-order chi connectivity index (χ1) is 16.9. The van der Waals surface area contributed by atoms with Crippen molar-refractivity contribution in [2.75, 3.05) is 26.9 Å². The van der Waals surface area contributed by atoms with E-state index in [1.165, 1.54) is 0 Å². The summed E-state index contributed by atoms with van der Waals surface area (Å²) in [7, 11) is 3.56. The zero-order valence-corrected chi connectivity index (χ0v) is 21.2. The fraction of sp³-hybridized carbons (Fsp3) is 0.464. The standard InChI is InChI=1S/C28H37N3O4/c1-20(2)18-34-19-23(32)16-31(22-10-11-22)17-26-27(21-8-6-5-7-9-21)29-30(3)28(26)35-25-14-12-24(33-4)13-15-25/h5-9,12-15,20,22-23,32H,10-11,16-19H2,1-4H3/t23-/m0/s1. The number of ether oxygens (including phenoxy) is 3. The Morgan fingerprint density at radius 2 is 1.71 bits per heavy atom. The molecule has 2 aromatic carbocycles. The molecule has 1 saturated carbocycles. The summed E-state index contributed by atoms with van der Waals surface area (Å²) in [5.41, 5.74) is 2.95. The van der Waals surface area contributed by atoms with E-state index in [0.717, 1.165) is 41.2 Å². The molecule has 1 atom stereocenters. The second kappa shape index (κ2) is 11.7. The number of nitrogens with zero attached hydrogens (tertiary/aromatic N) is 3. The van der Waals surface area contributed by atoms with Crippen LogP contribution in [0.1, 0.15) is 32.3 Å². The summed E-state index contributed by atoms with van der Waals surface area (Å²) in [6.07, 6.45) is 1.72. The number of benzene rings is 2. The normalized spacial score (nSPS) is 14.5. The molecule has 0 spiro atoms. The van der Waals surface area contributed by atoms with Crippen molar-refractivity contribution >= 4 is 0 Å². The molecule has 0 unspecified atom stereocenters. The molecule has 0 amide bonds. The molecular formula is C28H37N3O4. The predicted octanol–water partition coefficient (Wildman–Crippen LogP) is 4.89. The molecule has 1 heterocycles. The molecular weight excluding hydrogens is 442 g/mol. The first-order valence-electron chi connectivity index (χ1n) is 12.4. The van der Waals surface area contributed by atoms with Gasteiger partial charge in [0.2, 0.25) is 5.88 Å². The molecule has 1 aliphatic rings. The maximum Gasteiger partial charge on any atom is 0.222 e. The van der Waals surface area contributed by atoms with Crippen LogP contribution in [0.25, 0.3) is 11.3 Å².